The number of hydrogen-bond donors (Lipinski definition) is 0. The molecule has 1 amide bonds. The van der Waals surface area contributed by atoms with E-state index < -0.39 is 21.5 Å². The Morgan fingerprint density at radius 1 is 1.12 bits per heavy atom. The summed E-state index contributed by atoms with van der Waals surface area (Å²) in [6.07, 6.45) is 8.46. The van der Waals surface area contributed by atoms with Crippen molar-refractivity contribution in [3.05, 3.63) is 29.8 Å². The largest absolute Gasteiger partial charge is 0.368 e. The quantitative estimate of drug-likeness (QED) is 0.582. The molecule has 0 aromatic heterocycles. The lowest BCUT2D eigenvalue weighted by Crippen LogP contribution is -2.52. The summed E-state index contributed by atoms with van der Waals surface area (Å²) >= 11 is 0. The lowest BCUT2D eigenvalue weighted by molar-refractivity contribution is -0.142. The maximum absolute atomic E-state index is 13.6. The van der Waals surface area contributed by atoms with E-state index in [1.807, 2.05) is 19.1 Å². The van der Waals surface area contributed by atoms with Gasteiger partial charge in [-0.15, -0.1) is 0 Å². The number of carbonyl (C=O) groups excluding carboxylic acids is 1. The van der Waals surface area contributed by atoms with Gasteiger partial charge >= 0.3 is 0 Å². The highest BCUT2D eigenvalue weighted by atomic mass is 32.2. The minimum Gasteiger partial charge on any atom is -0.368 e. The summed E-state index contributed by atoms with van der Waals surface area (Å²) in [4.78, 5) is 13.9. The van der Waals surface area contributed by atoms with E-state index in [0.29, 0.717) is 17.8 Å². The van der Waals surface area contributed by atoms with Gasteiger partial charge in [0.05, 0.1) is 16.5 Å². The van der Waals surface area contributed by atoms with Crippen LogP contribution in [0.3, 0.4) is 0 Å². The molecule has 1 aliphatic heterocycles. The molecule has 1 aromatic rings. The lowest BCUT2D eigenvalue weighted by atomic mass is 9.72. The molecule has 4 atom stereocenters. The zero-order chi connectivity index (χ0) is 23.1. The third kappa shape index (κ3) is 4.02. The molecule has 0 saturated heterocycles. The van der Waals surface area contributed by atoms with Gasteiger partial charge in [-0.3, -0.25) is 4.79 Å². The fraction of sp³-hybridized carbons (Fsp3) is 0.731. The van der Waals surface area contributed by atoms with Crippen LogP contribution in [0.25, 0.3) is 0 Å². The number of sulfonamides is 1. The Hall–Kier alpha value is -1.40. The molecule has 0 N–H and O–H groups in total. The van der Waals surface area contributed by atoms with E-state index in [4.69, 9.17) is 4.74 Å². The van der Waals surface area contributed by atoms with Crippen LogP contribution in [0.4, 0.5) is 0 Å². The summed E-state index contributed by atoms with van der Waals surface area (Å²) in [7, 11) is -3.89. The number of benzene rings is 1. The summed E-state index contributed by atoms with van der Waals surface area (Å²) in [6, 6.07) is 7.18. The highest BCUT2D eigenvalue weighted by Crippen LogP contribution is 2.52. The Labute approximate surface area is 194 Å². The number of carbonyl (C=O) groups is 1. The van der Waals surface area contributed by atoms with Crippen molar-refractivity contribution in [2.75, 3.05) is 6.61 Å². The van der Waals surface area contributed by atoms with Crippen LogP contribution in [0.1, 0.15) is 84.6 Å². The maximum atomic E-state index is 13.6. The molecule has 2 aliphatic carbocycles. The van der Waals surface area contributed by atoms with Gasteiger partial charge < -0.3 is 4.74 Å². The van der Waals surface area contributed by atoms with Crippen LogP contribution in [0, 0.1) is 23.7 Å². The molecule has 0 spiro atoms. The molecule has 0 bridgehead atoms. The van der Waals surface area contributed by atoms with Crippen molar-refractivity contribution in [3.8, 4) is 0 Å². The van der Waals surface area contributed by atoms with Gasteiger partial charge in [0.2, 0.25) is 0 Å². The summed E-state index contributed by atoms with van der Waals surface area (Å²) in [6.45, 7) is 8.44. The molecule has 2 saturated carbocycles. The summed E-state index contributed by atoms with van der Waals surface area (Å²) in [5, 5.41) is 0. The van der Waals surface area contributed by atoms with E-state index >= 15 is 0 Å². The van der Waals surface area contributed by atoms with E-state index in [9.17, 15) is 13.2 Å². The van der Waals surface area contributed by atoms with Gasteiger partial charge in [-0.05, 0) is 67.9 Å². The van der Waals surface area contributed by atoms with Crippen molar-refractivity contribution in [1.29, 1.82) is 0 Å². The molecule has 6 heteroatoms. The number of ether oxygens (including phenoxy) is 1. The molecule has 178 valence electrons. The SMILES string of the molecule is CC(C)[C@@H]1CC[C@@H](C)C[C@H]1OCC(=O)N1[C@@](C)(C2CCCCC2)c2ccccc2S1(=O)=O. The van der Waals surface area contributed by atoms with Crippen LogP contribution < -0.4 is 0 Å². The molecular weight excluding hydrogens is 422 g/mol. The third-order valence-electron chi connectivity index (χ3n) is 8.38. The average molecular weight is 462 g/mol. The molecular formula is C26H39NO4S. The second-order valence-corrected chi connectivity index (χ2v) is 12.6. The van der Waals surface area contributed by atoms with Gasteiger partial charge in [-0.2, -0.15) is 0 Å². The summed E-state index contributed by atoms with van der Waals surface area (Å²) < 4.78 is 34.6. The fourth-order valence-corrected chi connectivity index (χ4v) is 8.62. The van der Waals surface area contributed by atoms with Crippen LogP contribution in [-0.4, -0.2) is 31.3 Å². The molecule has 2 fully saturated rings. The number of nitrogens with zero attached hydrogens (tertiary/aromatic N) is 1. The van der Waals surface area contributed by atoms with Crippen LogP contribution in [-0.2, 0) is 25.1 Å². The van der Waals surface area contributed by atoms with Gasteiger partial charge in [0.15, 0.2) is 0 Å². The molecule has 1 heterocycles. The van der Waals surface area contributed by atoms with Crippen LogP contribution in [0.15, 0.2) is 29.2 Å². The number of fused-ring (bicyclic) bond motifs is 1. The normalized spacial score (nSPS) is 32.8. The number of rotatable bonds is 5. The van der Waals surface area contributed by atoms with Crippen molar-refractivity contribution in [3.63, 3.8) is 0 Å². The summed E-state index contributed by atoms with van der Waals surface area (Å²) in [5.74, 6) is 1.18. The Kier molecular flexibility index (Phi) is 6.75. The Morgan fingerprint density at radius 3 is 2.50 bits per heavy atom. The van der Waals surface area contributed by atoms with Crippen molar-refractivity contribution in [1.82, 2.24) is 4.31 Å². The van der Waals surface area contributed by atoms with Gasteiger partial charge in [0.1, 0.15) is 6.61 Å². The van der Waals surface area contributed by atoms with Gasteiger partial charge in [0, 0.05) is 0 Å². The molecule has 0 radical (unpaired) electrons. The van der Waals surface area contributed by atoms with Gasteiger partial charge in [-0.25, -0.2) is 12.7 Å². The Morgan fingerprint density at radius 2 is 1.81 bits per heavy atom. The maximum Gasteiger partial charge on any atom is 0.267 e. The van der Waals surface area contributed by atoms with Crippen molar-refractivity contribution in [2.24, 2.45) is 23.7 Å². The highest BCUT2D eigenvalue weighted by Gasteiger charge is 2.56. The smallest absolute Gasteiger partial charge is 0.267 e. The van der Waals surface area contributed by atoms with Gasteiger partial charge in [-0.1, -0.05) is 64.7 Å². The van der Waals surface area contributed by atoms with E-state index in [-0.39, 0.29) is 23.5 Å². The van der Waals surface area contributed by atoms with E-state index in [2.05, 4.69) is 20.8 Å². The first-order valence-corrected chi connectivity index (χ1v) is 13.9. The summed E-state index contributed by atoms with van der Waals surface area (Å²) in [5.41, 5.74) is -0.0697. The highest BCUT2D eigenvalue weighted by molar-refractivity contribution is 7.90. The molecule has 3 aliphatic rings. The fourth-order valence-electron chi connectivity index (χ4n) is 6.55. The van der Waals surface area contributed by atoms with Crippen LogP contribution in [0.2, 0.25) is 0 Å². The van der Waals surface area contributed by atoms with Crippen molar-refractivity contribution in [2.45, 2.75) is 95.6 Å². The Bertz CT molecular complexity index is 937. The standard InChI is InChI=1S/C26H39NO4S/c1-18(2)21-15-14-19(3)16-23(21)31-17-25(28)27-26(4,20-10-6-5-7-11-20)22-12-8-9-13-24(22)32(27,29)30/h8-9,12-13,18-21,23H,5-7,10-11,14-17H2,1-4H3/t19-,21+,23-,26+/m1/s1. The minimum atomic E-state index is -3.89. The first kappa shape index (κ1) is 23.7. The van der Waals surface area contributed by atoms with Crippen LogP contribution >= 0.6 is 0 Å². The third-order valence-corrected chi connectivity index (χ3v) is 10.4. The Balaban J connectivity index is 1.62. The molecule has 0 unspecified atom stereocenters. The lowest BCUT2D eigenvalue weighted by Gasteiger charge is -2.43. The molecule has 5 nitrogen and oxygen atoms in total. The zero-order valence-corrected chi connectivity index (χ0v) is 20.9. The molecule has 1 aromatic carbocycles. The van der Waals surface area contributed by atoms with E-state index in [0.717, 1.165) is 44.1 Å². The predicted molar refractivity (Wildman–Crippen MR) is 125 cm³/mol. The number of hydrogen-bond acceptors (Lipinski definition) is 4. The molecule has 32 heavy (non-hydrogen) atoms. The monoisotopic (exact) mass is 461 g/mol. The molecule has 4 rings (SSSR count). The van der Waals surface area contributed by atoms with Crippen molar-refractivity contribution < 1.29 is 17.9 Å². The zero-order valence-electron chi connectivity index (χ0n) is 20.0. The first-order chi connectivity index (χ1) is 15.2. The van der Waals surface area contributed by atoms with Gasteiger partial charge in [0.25, 0.3) is 15.9 Å². The minimum absolute atomic E-state index is 0.0105. The topological polar surface area (TPSA) is 63.7 Å². The number of amides is 1. The van der Waals surface area contributed by atoms with Crippen LogP contribution in [0.5, 0.6) is 0 Å². The second kappa shape index (κ2) is 9.09. The predicted octanol–water partition coefficient (Wildman–Crippen LogP) is 5.49. The van der Waals surface area contributed by atoms with Crippen molar-refractivity contribution >= 4 is 15.9 Å². The second-order valence-electron chi connectivity index (χ2n) is 10.8. The van der Waals surface area contributed by atoms with E-state index in [1.54, 1.807) is 12.1 Å². The van der Waals surface area contributed by atoms with E-state index in [1.165, 1.54) is 17.1 Å². The first-order valence-electron chi connectivity index (χ1n) is 12.5. The average Bonchev–Trinajstić information content (AvgIpc) is 2.96.